The Hall–Kier alpha value is -2.32. The minimum absolute atomic E-state index is 0.0265. The lowest BCUT2D eigenvalue weighted by atomic mass is 9.93. The minimum Gasteiger partial charge on any atom is -0.352 e. The van der Waals surface area contributed by atoms with Crippen molar-refractivity contribution in [1.29, 1.82) is 0 Å². The van der Waals surface area contributed by atoms with Crippen LogP contribution in [0, 0.1) is 6.92 Å². The normalized spacial score (nSPS) is 17.8. The molecule has 2 aliphatic rings. The van der Waals surface area contributed by atoms with Crippen molar-refractivity contribution in [2.45, 2.75) is 6.92 Å². The van der Waals surface area contributed by atoms with Crippen molar-refractivity contribution in [3.63, 3.8) is 0 Å². The van der Waals surface area contributed by atoms with Crippen LogP contribution in [0.4, 0.5) is 0 Å². The maximum absolute atomic E-state index is 12.7. The first-order chi connectivity index (χ1) is 11.5. The molecule has 7 nitrogen and oxygen atoms in total. The lowest BCUT2D eigenvalue weighted by Gasteiger charge is -2.32. The number of nitrogens with zero attached hydrogens (tertiary/aromatic N) is 3. The standard InChI is InChI=1S/C16H15N3O4S/c1-8-11-13(21)15-9(12(20)14(11)23-17-8)7-10(24-15)16(22)19-5-3-18(2)4-6-19/h7H,3-6H2,1-2H3. The van der Waals surface area contributed by atoms with Crippen LogP contribution in [0.5, 0.6) is 0 Å². The van der Waals surface area contributed by atoms with Crippen molar-refractivity contribution in [3.05, 3.63) is 38.4 Å². The fourth-order valence-corrected chi connectivity index (χ4v) is 4.10. The third kappa shape index (κ3) is 2.14. The first-order valence-electron chi connectivity index (χ1n) is 7.64. The molecule has 1 fully saturated rings. The summed E-state index contributed by atoms with van der Waals surface area (Å²) in [6, 6.07) is 1.52. The van der Waals surface area contributed by atoms with Gasteiger partial charge in [-0.15, -0.1) is 11.3 Å². The van der Waals surface area contributed by atoms with E-state index in [-0.39, 0.29) is 34.4 Å². The number of carbonyl (C=O) groups is 3. The number of thiophene rings is 1. The van der Waals surface area contributed by atoms with E-state index in [2.05, 4.69) is 10.1 Å². The average Bonchev–Trinajstić information content (AvgIpc) is 3.17. The number of fused-ring (bicyclic) bond motifs is 2. The molecule has 4 rings (SSSR count). The van der Waals surface area contributed by atoms with Gasteiger partial charge in [0, 0.05) is 31.7 Å². The first-order valence-corrected chi connectivity index (χ1v) is 8.46. The zero-order valence-electron chi connectivity index (χ0n) is 13.3. The number of ketones is 2. The van der Waals surface area contributed by atoms with Crippen molar-refractivity contribution in [2.24, 2.45) is 0 Å². The quantitative estimate of drug-likeness (QED) is 0.659. The molecule has 0 radical (unpaired) electrons. The van der Waals surface area contributed by atoms with Crippen molar-refractivity contribution in [2.75, 3.05) is 33.2 Å². The lowest BCUT2D eigenvalue weighted by molar-refractivity contribution is 0.0669. The summed E-state index contributed by atoms with van der Waals surface area (Å²) in [5.74, 6) is -0.828. The van der Waals surface area contributed by atoms with Crippen LogP contribution in [0.3, 0.4) is 0 Å². The van der Waals surface area contributed by atoms with Gasteiger partial charge in [0.15, 0.2) is 0 Å². The Balaban J connectivity index is 1.69. The summed E-state index contributed by atoms with van der Waals surface area (Å²) in [5.41, 5.74) is 0.855. The minimum atomic E-state index is -0.381. The Morgan fingerprint density at radius 3 is 2.62 bits per heavy atom. The van der Waals surface area contributed by atoms with Gasteiger partial charge in [0.1, 0.15) is 0 Å². The van der Waals surface area contributed by atoms with Crippen LogP contribution in [0.25, 0.3) is 0 Å². The van der Waals surface area contributed by atoms with E-state index in [4.69, 9.17) is 4.52 Å². The van der Waals surface area contributed by atoms with Gasteiger partial charge in [-0.25, -0.2) is 0 Å². The van der Waals surface area contributed by atoms with Crippen LogP contribution in [-0.4, -0.2) is 65.7 Å². The Labute approximate surface area is 141 Å². The summed E-state index contributed by atoms with van der Waals surface area (Å²) in [4.78, 5) is 42.4. The summed E-state index contributed by atoms with van der Waals surface area (Å²) in [5, 5.41) is 3.71. The van der Waals surface area contributed by atoms with Crippen LogP contribution in [0.1, 0.15) is 46.7 Å². The predicted octanol–water partition coefficient (Wildman–Crippen LogP) is 1.21. The number of amides is 1. The zero-order chi connectivity index (χ0) is 17.0. The molecule has 0 aromatic carbocycles. The summed E-state index contributed by atoms with van der Waals surface area (Å²) in [6.07, 6.45) is 0. The molecule has 2 aromatic rings. The number of likely N-dealkylation sites (N-methyl/N-ethyl adjacent to an activating group) is 1. The molecule has 1 aliphatic heterocycles. The third-order valence-corrected chi connectivity index (χ3v) is 5.60. The maximum atomic E-state index is 12.7. The number of piperazine rings is 1. The molecule has 0 atom stereocenters. The summed E-state index contributed by atoms with van der Waals surface area (Å²) >= 11 is 1.08. The van der Waals surface area contributed by atoms with Gasteiger partial charge in [-0.2, -0.15) is 0 Å². The Morgan fingerprint density at radius 1 is 1.21 bits per heavy atom. The lowest BCUT2D eigenvalue weighted by Crippen LogP contribution is -2.46. The maximum Gasteiger partial charge on any atom is 0.264 e. The van der Waals surface area contributed by atoms with Crippen LogP contribution < -0.4 is 0 Å². The van der Waals surface area contributed by atoms with Crippen molar-refractivity contribution in [3.8, 4) is 0 Å². The van der Waals surface area contributed by atoms with Crippen LogP contribution in [-0.2, 0) is 0 Å². The second-order valence-corrected chi connectivity index (χ2v) is 7.13. The van der Waals surface area contributed by atoms with Crippen molar-refractivity contribution >= 4 is 28.8 Å². The Bertz CT molecular complexity index is 874. The van der Waals surface area contributed by atoms with E-state index in [0.29, 0.717) is 28.5 Å². The third-order valence-electron chi connectivity index (χ3n) is 4.48. The van der Waals surface area contributed by atoms with Gasteiger partial charge < -0.3 is 14.3 Å². The van der Waals surface area contributed by atoms with E-state index >= 15 is 0 Å². The highest BCUT2D eigenvalue weighted by Gasteiger charge is 2.38. The number of aryl methyl sites for hydroxylation is 1. The molecule has 24 heavy (non-hydrogen) atoms. The molecule has 1 saturated heterocycles. The smallest absolute Gasteiger partial charge is 0.264 e. The van der Waals surface area contributed by atoms with Gasteiger partial charge >= 0.3 is 0 Å². The zero-order valence-corrected chi connectivity index (χ0v) is 14.1. The molecule has 124 valence electrons. The SMILES string of the molecule is Cc1noc2c1C(=O)c1sc(C(=O)N3CCN(C)CC3)cc1C2=O. The van der Waals surface area contributed by atoms with E-state index in [9.17, 15) is 14.4 Å². The van der Waals surface area contributed by atoms with E-state index in [1.807, 2.05) is 7.05 Å². The number of hydrogen-bond acceptors (Lipinski definition) is 7. The molecule has 8 heteroatoms. The van der Waals surface area contributed by atoms with Gasteiger partial charge in [-0.05, 0) is 20.0 Å². The molecule has 2 aromatic heterocycles. The van der Waals surface area contributed by atoms with Crippen molar-refractivity contribution in [1.82, 2.24) is 15.0 Å². The molecule has 1 amide bonds. The largest absolute Gasteiger partial charge is 0.352 e. The summed E-state index contributed by atoms with van der Waals surface area (Å²) < 4.78 is 5.01. The fourth-order valence-electron chi connectivity index (χ4n) is 3.03. The molecular weight excluding hydrogens is 330 g/mol. The summed E-state index contributed by atoms with van der Waals surface area (Å²) in [7, 11) is 2.01. The van der Waals surface area contributed by atoms with Crippen LogP contribution in [0.15, 0.2) is 10.6 Å². The molecule has 0 saturated carbocycles. The first kappa shape index (κ1) is 15.2. The molecule has 0 spiro atoms. The Kier molecular flexibility index (Phi) is 3.40. The number of rotatable bonds is 1. The van der Waals surface area contributed by atoms with Crippen LogP contribution >= 0.6 is 11.3 Å². The van der Waals surface area contributed by atoms with E-state index < -0.39 is 0 Å². The molecular formula is C16H15N3O4S. The molecule has 0 bridgehead atoms. The highest BCUT2D eigenvalue weighted by atomic mass is 32.1. The van der Waals surface area contributed by atoms with Gasteiger partial charge in [0.2, 0.25) is 17.3 Å². The Morgan fingerprint density at radius 2 is 1.92 bits per heavy atom. The number of carbonyl (C=O) groups excluding carboxylic acids is 3. The second kappa shape index (κ2) is 5.35. The summed E-state index contributed by atoms with van der Waals surface area (Å²) in [6.45, 7) is 4.54. The van der Waals surface area contributed by atoms with E-state index in [0.717, 1.165) is 24.4 Å². The molecule has 0 N–H and O–H groups in total. The molecule has 3 heterocycles. The van der Waals surface area contributed by atoms with E-state index in [1.54, 1.807) is 11.8 Å². The average molecular weight is 345 g/mol. The van der Waals surface area contributed by atoms with Crippen LogP contribution in [0.2, 0.25) is 0 Å². The molecule has 0 unspecified atom stereocenters. The van der Waals surface area contributed by atoms with Gasteiger partial charge in [0.05, 0.1) is 21.0 Å². The highest BCUT2D eigenvalue weighted by molar-refractivity contribution is 7.16. The molecule has 1 aliphatic carbocycles. The fraction of sp³-hybridized carbons (Fsp3) is 0.375. The van der Waals surface area contributed by atoms with Gasteiger partial charge in [-0.3, -0.25) is 14.4 Å². The van der Waals surface area contributed by atoms with Gasteiger partial charge in [-0.1, -0.05) is 5.16 Å². The highest BCUT2D eigenvalue weighted by Crippen LogP contribution is 2.35. The van der Waals surface area contributed by atoms with E-state index in [1.165, 1.54) is 6.07 Å². The topological polar surface area (TPSA) is 83.7 Å². The number of aromatic nitrogens is 1. The van der Waals surface area contributed by atoms with Crippen molar-refractivity contribution < 1.29 is 18.9 Å². The second-order valence-electron chi connectivity index (χ2n) is 6.08. The number of hydrogen-bond donors (Lipinski definition) is 0. The van der Waals surface area contributed by atoms with Gasteiger partial charge in [0.25, 0.3) is 5.91 Å². The monoisotopic (exact) mass is 345 g/mol. The predicted molar refractivity (Wildman–Crippen MR) is 85.8 cm³/mol.